The second-order valence-corrected chi connectivity index (χ2v) is 4.99. The molecule has 0 aliphatic heterocycles. The van der Waals surface area contributed by atoms with Crippen LogP contribution in [0.3, 0.4) is 0 Å². The van der Waals surface area contributed by atoms with Crippen molar-refractivity contribution in [3.05, 3.63) is 58.4 Å². The van der Waals surface area contributed by atoms with Gasteiger partial charge in [0.2, 0.25) is 0 Å². The molecule has 21 heavy (non-hydrogen) atoms. The van der Waals surface area contributed by atoms with E-state index in [1.807, 2.05) is 26.0 Å². The highest BCUT2D eigenvalue weighted by atomic mass is 19.1. The number of ether oxygens (including phenoxy) is 2. The Morgan fingerprint density at radius 1 is 1.05 bits per heavy atom. The van der Waals surface area contributed by atoms with E-state index >= 15 is 0 Å². The minimum Gasteiger partial charge on any atom is -0.497 e. The van der Waals surface area contributed by atoms with Crippen molar-refractivity contribution in [2.75, 3.05) is 14.2 Å². The summed E-state index contributed by atoms with van der Waals surface area (Å²) in [5, 5.41) is 10.6. The van der Waals surface area contributed by atoms with Crippen LogP contribution in [-0.4, -0.2) is 19.3 Å². The number of aliphatic hydroxyl groups is 1. The van der Waals surface area contributed by atoms with Gasteiger partial charge in [-0.3, -0.25) is 0 Å². The Labute approximate surface area is 124 Å². The Balaban J connectivity index is 2.52. The zero-order valence-corrected chi connectivity index (χ0v) is 12.6. The van der Waals surface area contributed by atoms with Gasteiger partial charge in [-0.1, -0.05) is 6.07 Å². The van der Waals surface area contributed by atoms with Crippen molar-refractivity contribution in [2.45, 2.75) is 20.0 Å². The standard InChI is InChI=1S/C17H19FO3/c1-10-7-11(2)16(15(8-10)21-4)17(19)13-6-5-12(20-3)9-14(13)18/h5-9,17,19H,1-4H3. The quantitative estimate of drug-likeness (QED) is 0.936. The van der Waals surface area contributed by atoms with E-state index in [0.29, 0.717) is 17.1 Å². The van der Waals surface area contributed by atoms with Crippen molar-refractivity contribution in [1.29, 1.82) is 0 Å². The van der Waals surface area contributed by atoms with Crippen LogP contribution in [0.4, 0.5) is 4.39 Å². The lowest BCUT2D eigenvalue weighted by Gasteiger charge is -2.19. The van der Waals surface area contributed by atoms with Gasteiger partial charge in [0, 0.05) is 17.2 Å². The topological polar surface area (TPSA) is 38.7 Å². The first-order valence-corrected chi connectivity index (χ1v) is 6.64. The number of hydrogen-bond donors (Lipinski definition) is 1. The van der Waals surface area contributed by atoms with Gasteiger partial charge in [0.1, 0.15) is 23.4 Å². The fraction of sp³-hybridized carbons (Fsp3) is 0.294. The lowest BCUT2D eigenvalue weighted by molar-refractivity contribution is 0.208. The Morgan fingerprint density at radius 2 is 1.76 bits per heavy atom. The second-order valence-electron chi connectivity index (χ2n) is 4.99. The third-order valence-corrected chi connectivity index (χ3v) is 3.49. The third-order valence-electron chi connectivity index (χ3n) is 3.49. The molecular weight excluding hydrogens is 271 g/mol. The number of halogens is 1. The van der Waals surface area contributed by atoms with E-state index in [4.69, 9.17) is 9.47 Å². The highest BCUT2D eigenvalue weighted by Gasteiger charge is 2.21. The third kappa shape index (κ3) is 3.00. The van der Waals surface area contributed by atoms with Crippen molar-refractivity contribution in [2.24, 2.45) is 0 Å². The van der Waals surface area contributed by atoms with Crippen molar-refractivity contribution in [3.63, 3.8) is 0 Å². The van der Waals surface area contributed by atoms with Crippen LogP contribution in [-0.2, 0) is 0 Å². The van der Waals surface area contributed by atoms with Crippen molar-refractivity contribution < 1.29 is 19.0 Å². The molecule has 4 heteroatoms. The molecule has 1 unspecified atom stereocenters. The van der Waals surface area contributed by atoms with Crippen molar-refractivity contribution in [1.82, 2.24) is 0 Å². The number of rotatable bonds is 4. The first-order chi connectivity index (χ1) is 9.97. The molecule has 0 saturated carbocycles. The maximum absolute atomic E-state index is 14.1. The van der Waals surface area contributed by atoms with Gasteiger partial charge >= 0.3 is 0 Å². The van der Waals surface area contributed by atoms with Crippen LogP contribution < -0.4 is 9.47 Å². The van der Waals surface area contributed by atoms with Gasteiger partial charge in [-0.15, -0.1) is 0 Å². The molecular formula is C17H19FO3. The maximum atomic E-state index is 14.1. The van der Waals surface area contributed by atoms with Crippen LogP contribution in [0.15, 0.2) is 30.3 Å². The fourth-order valence-electron chi connectivity index (χ4n) is 2.47. The predicted molar refractivity (Wildman–Crippen MR) is 79.5 cm³/mol. The summed E-state index contributed by atoms with van der Waals surface area (Å²) in [5.41, 5.74) is 2.65. The lowest BCUT2D eigenvalue weighted by Crippen LogP contribution is -2.07. The van der Waals surface area contributed by atoms with Crippen LogP contribution in [0.2, 0.25) is 0 Å². The molecule has 0 fully saturated rings. The van der Waals surface area contributed by atoms with Gasteiger partial charge in [-0.25, -0.2) is 4.39 Å². The molecule has 0 aromatic heterocycles. The fourth-order valence-corrected chi connectivity index (χ4v) is 2.47. The Morgan fingerprint density at radius 3 is 2.33 bits per heavy atom. The molecule has 0 radical (unpaired) electrons. The Bertz CT molecular complexity index is 653. The molecule has 3 nitrogen and oxygen atoms in total. The monoisotopic (exact) mass is 290 g/mol. The minimum atomic E-state index is -1.09. The molecule has 0 saturated heterocycles. The molecule has 112 valence electrons. The summed E-state index contributed by atoms with van der Waals surface area (Å²) in [7, 11) is 3.01. The maximum Gasteiger partial charge on any atom is 0.133 e. The summed E-state index contributed by atoms with van der Waals surface area (Å²) < 4.78 is 24.4. The minimum absolute atomic E-state index is 0.195. The van der Waals surface area contributed by atoms with Gasteiger partial charge in [-0.05, 0) is 43.2 Å². The lowest BCUT2D eigenvalue weighted by atomic mass is 9.94. The molecule has 0 heterocycles. The molecule has 2 rings (SSSR count). The number of aryl methyl sites for hydroxylation is 2. The molecule has 2 aromatic carbocycles. The smallest absolute Gasteiger partial charge is 0.133 e. The van der Waals surface area contributed by atoms with Crippen LogP contribution in [0, 0.1) is 19.7 Å². The van der Waals surface area contributed by atoms with Gasteiger partial charge in [0.05, 0.1) is 14.2 Å². The molecule has 1 atom stereocenters. The van der Waals surface area contributed by atoms with Crippen molar-refractivity contribution >= 4 is 0 Å². The SMILES string of the molecule is COc1ccc(C(O)c2c(C)cc(C)cc2OC)c(F)c1. The van der Waals surface area contributed by atoms with E-state index in [1.54, 1.807) is 6.07 Å². The average Bonchev–Trinajstić information content (AvgIpc) is 2.45. The number of aliphatic hydroxyl groups excluding tert-OH is 1. The van der Waals surface area contributed by atoms with E-state index in [1.165, 1.54) is 26.4 Å². The zero-order chi connectivity index (χ0) is 15.6. The molecule has 0 spiro atoms. The predicted octanol–water partition coefficient (Wildman–Crippen LogP) is 3.54. The van der Waals surface area contributed by atoms with Gasteiger partial charge in [-0.2, -0.15) is 0 Å². The first kappa shape index (κ1) is 15.3. The van der Waals surface area contributed by atoms with Gasteiger partial charge < -0.3 is 14.6 Å². The van der Waals surface area contributed by atoms with E-state index in [9.17, 15) is 9.50 Å². The largest absolute Gasteiger partial charge is 0.497 e. The van der Waals surface area contributed by atoms with Crippen LogP contribution in [0.1, 0.15) is 28.4 Å². The van der Waals surface area contributed by atoms with E-state index in [2.05, 4.69) is 0 Å². The van der Waals surface area contributed by atoms with E-state index in [-0.39, 0.29) is 5.56 Å². The highest BCUT2D eigenvalue weighted by Crippen LogP contribution is 2.35. The van der Waals surface area contributed by atoms with Gasteiger partial charge in [0.15, 0.2) is 0 Å². The summed E-state index contributed by atoms with van der Waals surface area (Å²) >= 11 is 0. The molecule has 1 N–H and O–H groups in total. The van der Waals surface area contributed by atoms with E-state index in [0.717, 1.165) is 11.1 Å². The molecule has 2 aromatic rings. The molecule has 0 aliphatic carbocycles. The Kier molecular flexibility index (Phi) is 4.48. The Hall–Kier alpha value is -2.07. The summed E-state index contributed by atoms with van der Waals surface area (Å²) in [5.74, 6) is 0.454. The second kappa shape index (κ2) is 6.14. The molecule has 0 aliphatic rings. The van der Waals surface area contributed by atoms with Crippen LogP contribution in [0.25, 0.3) is 0 Å². The summed E-state index contributed by atoms with van der Waals surface area (Å²) in [6, 6.07) is 8.17. The highest BCUT2D eigenvalue weighted by molar-refractivity contribution is 5.48. The molecule has 0 amide bonds. The summed E-state index contributed by atoms with van der Waals surface area (Å²) in [6.45, 7) is 3.81. The van der Waals surface area contributed by atoms with Gasteiger partial charge in [0.25, 0.3) is 0 Å². The summed E-state index contributed by atoms with van der Waals surface area (Å²) in [4.78, 5) is 0. The normalized spacial score (nSPS) is 12.1. The average molecular weight is 290 g/mol. The number of methoxy groups -OCH3 is 2. The molecule has 0 bridgehead atoms. The number of hydrogen-bond acceptors (Lipinski definition) is 3. The van der Waals surface area contributed by atoms with Crippen LogP contribution in [0.5, 0.6) is 11.5 Å². The van der Waals surface area contributed by atoms with Crippen molar-refractivity contribution in [3.8, 4) is 11.5 Å². The van der Waals surface area contributed by atoms with Crippen LogP contribution >= 0.6 is 0 Å². The zero-order valence-electron chi connectivity index (χ0n) is 12.6. The first-order valence-electron chi connectivity index (χ1n) is 6.64. The van der Waals surface area contributed by atoms with E-state index < -0.39 is 11.9 Å². The number of benzene rings is 2. The summed E-state index contributed by atoms with van der Waals surface area (Å²) in [6.07, 6.45) is -1.09.